The Morgan fingerprint density at radius 1 is 0.857 bits per heavy atom. The fourth-order valence-corrected chi connectivity index (χ4v) is 5.27. The lowest BCUT2D eigenvalue weighted by Gasteiger charge is -2.27. The van der Waals surface area contributed by atoms with Gasteiger partial charge in [-0.25, -0.2) is 0 Å². The summed E-state index contributed by atoms with van der Waals surface area (Å²) in [5, 5.41) is 15.4. The van der Waals surface area contributed by atoms with E-state index in [4.69, 9.17) is 0 Å². The van der Waals surface area contributed by atoms with Gasteiger partial charge in [-0.3, -0.25) is 19.2 Å². The van der Waals surface area contributed by atoms with Crippen LogP contribution in [0.4, 0.5) is 11.4 Å². The normalized spacial score (nSPS) is 15.8. The van der Waals surface area contributed by atoms with E-state index in [9.17, 15) is 24.3 Å². The second kappa shape index (κ2) is 12.9. The number of nitrogens with one attached hydrogen (secondary N) is 2. The highest BCUT2D eigenvalue weighted by molar-refractivity contribution is 6.07. The van der Waals surface area contributed by atoms with Crippen molar-refractivity contribution in [3.63, 3.8) is 0 Å². The first-order valence-corrected chi connectivity index (χ1v) is 14.4. The van der Waals surface area contributed by atoms with Crippen molar-refractivity contribution in [1.29, 1.82) is 0 Å². The number of benzene rings is 3. The molecule has 3 N–H and O–H groups in total. The molecule has 1 saturated carbocycles. The minimum absolute atomic E-state index is 0.167. The third kappa shape index (κ3) is 7.15. The first kappa shape index (κ1) is 28.9. The maximum atomic E-state index is 13.4. The Morgan fingerprint density at radius 2 is 1.60 bits per heavy atom. The summed E-state index contributed by atoms with van der Waals surface area (Å²) in [5.74, 6) is -1.38. The Morgan fingerprint density at radius 3 is 2.29 bits per heavy atom. The summed E-state index contributed by atoms with van der Waals surface area (Å²) in [6, 6.07) is 20.6. The van der Waals surface area contributed by atoms with Crippen LogP contribution in [0.5, 0.6) is 0 Å². The maximum Gasteiger partial charge on any atom is 0.305 e. The van der Waals surface area contributed by atoms with E-state index in [1.807, 2.05) is 48.2 Å². The van der Waals surface area contributed by atoms with Gasteiger partial charge >= 0.3 is 5.97 Å². The van der Waals surface area contributed by atoms with E-state index < -0.39 is 17.9 Å². The number of amides is 3. The van der Waals surface area contributed by atoms with Gasteiger partial charge in [-0.2, -0.15) is 0 Å². The number of carbonyl (C=O) groups excluding carboxylic acids is 3. The number of rotatable bonds is 9. The van der Waals surface area contributed by atoms with Crippen molar-refractivity contribution in [2.45, 2.75) is 38.6 Å². The predicted molar refractivity (Wildman–Crippen MR) is 161 cm³/mol. The Bertz CT molecular complexity index is 1450. The van der Waals surface area contributed by atoms with E-state index in [2.05, 4.69) is 15.5 Å². The van der Waals surface area contributed by atoms with Gasteiger partial charge in [0.25, 0.3) is 11.8 Å². The zero-order valence-corrected chi connectivity index (χ0v) is 23.7. The van der Waals surface area contributed by atoms with Gasteiger partial charge in [-0.1, -0.05) is 48.0 Å². The Hall–Kier alpha value is -4.66. The van der Waals surface area contributed by atoms with Crippen LogP contribution in [0.2, 0.25) is 0 Å². The molecule has 3 aromatic rings. The number of carboxylic acid groups (broad SMARTS) is 1. The summed E-state index contributed by atoms with van der Waals surface area (Å²) >= 11 is 0. The minimum atomic E-state index is -1.03. The number of hydrogen-bond donors (Lipinski definition) is 3. The number of carboxylic acids is 1. The lowest BCUT2D eigenvalue weighted by atomic mass is 10.0. The topological polar surface area (TPSA) is 119 Å². The molecular weight excluding hydrogens is 532 g/mol. The highest BCUT2D eigenvalue weighted by atomic mass is 16.4. The van der Waals surface area contributed by atoms with Crippen LogP contribution >= 0.6 is 0 Å². The minimum Gasteiger partial charge on any atom is -0.481 e. The number of anilines is 2. The van der Waals surface area contributed by atoms with E-state index in [-0.39, 0.29) is 24.2 Å². The summed E-state index contributed by atoms with van der Waals surface area (Å²) in [7, 11) is 0. The third-order valence-electron chi connectivity index (χ3n) is 7.78. The van der Waals surface area contributed by atoms with Gasteiger partial charge in [0.2, 0.25) is 5.91 Å². The lowest BCUT2D eigenvalue weighted by Crippen LogP contribution is -2.36. The van der Waals surface area contributed by atoms with Gasteiger partial charge in [0.1, 0.15) is 0 Å². The molecule has 218 valence electrons. The molecule has 42 heavy (non-hydrogen) atoms. The third-order valence-corrected chi connectivity index (χ3v) is 7.78. The smallest absolute Gasteiger partial charge is 0.305 e. The molecule has 0 aromatic heterocycles. The molecule has 9 nitrogen and oxygen atoms in total. The van der Waals surface area contributed by atoms with Crippen LogP contribution in [-0.4, -0.2) is 59.9 Å². The van der Waals surface area contributed by atoms with Crippen molar-refractivity contribution in [1.82, 2.24) is 10.2 Å². The van der Waals surface area contributed by atoms with E-state index in [0.717, 1.165) is 30.5 Å². The van der Waals surface area contributed by atoms with Gasteiger partial charge < -0.3 is 25.5 Å². The van der Waals surface area contributed by atoms with Crippen molar-refractivity contribution in [2.75, 3.05) is 36.4 Å². The number of nitrogens with zero attached hydrogens (tertiary/aromatic N) is 2. The molecule has 0 radical (unpaired) electrons. The summed E-state index contributed by atoms with van der Waals surface area (Å²) in [6.07, 6.45) is 2.46. The lowest BCUT2D eigenvalue weighted by molar-refractivity contribution is -0.137. The number of carbonyl (C=O) groups is 4. The Labute approximate surface area is 245 Å². The van der Waals surface area contributed by atoms with Gasteiger partial charge in [0.05, 0.1) is 23.8 Å². The Kier molecular flexibility index (Phi) is 8.85. The van der Waals surface area contributed by atoms with Gasteiger partial charge in [-0.05, 0) is 62.1 Å². The molecule has 1 aliphatic carbocycles. The monoisotopic (exact) mass is 568 g/mol. The van der Waals surface area contributed by atoms with Gasteiger partial charge in [0.15, 0.2) is 0 Å². The van der Waals surface area contributed by atoms with Gasteiger partial charge in [-0.15, -0.1) is 0 Å². The van der Waals surface area contributed by atoms with Crippen LogP contribution < -0.4 is 15.5 Å². The van der Waals surface area contributed by atoms with Crippen LogP contribution in [0.3, 0.4) is 0 Å². The second-order valence-electron chi connectivity index (χ2n) is 11.0. The van der Waals surface area contributed by atoms with E-state index in [0.29, 0.717) is 48.6 Å². The summed E-state index contributed by atoms with van der Waals surface area (Å²) in [5.41, 5.74) is 3.74. The largest absolute Gasteiger partial charge is 0.481 e. The van der Waals surface area contributed by atoms with E-state index in [1.165, 1.54) is 0 Å². The SMILES string of the molecule is Cc1ccc(C(CC(=O)O)NC(=O)c2ccc(N3CCCN(C(=O)C4CC4)CC3)c(NC(=O)c3ccccc3)c2)cc1. The first-order chi connectivity index (χ1) is 20.3. The van der Waals surface area contributed by atoms with Crippen LogP contribution in [-0.2, 0) is 9.59 Å². The highest BCUT2D eigenvalue weighted by Crippen LogP contribution is 2.33. The van der Waals surface area contributed by atoms with Crippen molar-refractivity contribution in [2.24, 2.45) is 5.92 Å². The summed E-state index contributed by atoms with van der Waals surface area (Å²) in [4.78, 5) is 55.0. The molecule has 3 aromatic carbocycles. The molecule has 0 bridgehead atoms. The van der Waals surface area contributed by atoms with E-state index in [1.54, 1.807) is 36.4 Å². The molecule has 1 aliphatic heterocycles. The molecule has 1 unspecified atom stereocenters. The van der Waals surface area contributed by atoms with Crippen molar-refractivity contribution >= 4 is 35.1 Å². The predicted octanol–water partition coefficient (Wildman–Crippen LogP) is 4.64. The van der Waals surface area contributed by atoms with Crippen LogP contribution in [0.25, 0.3) is 0 Å². The van der Waals surface area contributed by atoms with Crippen LogP contribution in [0, 0.1) is 12.8 Å². The maximum absolute atomic E-state index is 13.4. The average molecular weight is 569 g/mol. The second-order valence-corrected chi connectivity index (χ2v) is 11.0. The fourth-order valence-electron chi connectivity index (χ4n) is 5.27. The first-order valence-electron chi connectivity index (χ1n) is 14.4. The molecule has 3 amide bonds. The molecule has 1 atom stereocenters. The zero-order chi connectivity index (χ0) is 29.6. The molecule has 2 fully saturated rings. The standard InChI is InChI=1S/C33H36N4O5/c1-22-8-10-23(11-9-22)27(21-30(38)39)34-32(41)26-14-15-29(28(20-26)35-31(40)24-6-3-2-4-7-24)36-16-5-17-37(19-18-36)33(42)25-12-13-25/h2-4,6-11,14-15,20,25,27H,5,12-13,16-19,21H2,1H3,(H,34,41)(H,35,40)(H,38,39). The van der Waals surface area contributed by atoms with E-state index >= 15 is 0 Å². The molecular formula is C33H36N4O5. The van der Waals surface area contributed by atoms with Crippen LogP contribution in [0.1, 0.15) is 63.6 Å². The Balaban J connectivity index is 1.40. The molecule has 0 spiro atoms. The van der Waals surface area contributed by atoms with Crippen molar-refractivity contribution in [3.8, 4) is 0 Å². The molecule has 5 rings (SSSR count). The highest BCUT2D eigenvalue weighted by Gasteiger charge is 2.34. The van der Waals surface area contributed by atoms with Crippen molar-refractivity contribution in [3.05, 3.63) is 95.1 Å². The molecule has 1 heterocycles. The molecule has 1 saturated heterocycles. The van der Waals surface area contributed by atoms with Crippen LogP contribution in [0.15, 0.2) is 72.8 Å². The number of hydrogen-bond acceptors (Lipinski definition) is 5. The quantitative estimate of drug-likeness (QED) is 0.346. The molecule has 2 aliphatic rings. The average Bonchev–Trinajstić information content (AvgIpc) is 3.85. The molecule has 9 heteroatoms. The number of aryl methyl sites for hydroxylation is 1. The van der Waals surface area contributed by atoms with Gasteiger partial charge in [0, 0.05) is 43.2 Å². The zero-order valence-electron chi connectivity index (χ0n) is 23.7. The fraction of sp³-hybridized carbons (Fsp3) is 0.333. The summed E-state index contributed by atoms with van der Waals surface area (Å²) in [6.45, 7) is 4.53. The number of aliphatic carboxylic acids is 1. The summed E-state index contributed by atoms with van der Waals surface area (Å²) < 4.78 is 0. The van der Waals surface area contributed by atoms with Crippen molar-refractivity contribution < 1.29 is 24.3 Å².